The lowest BCUT2D eigenvalue weighted by Crippen LogP contribution is -2.20. The van der Waals surface area contributed by atoms with Gasteiger partial charge in [0.15, 0.2) is 23.1 Å². The molecule has 7 heteroatoms. The third-order valence-electron chi connectivity index (χ3n) is 4.50. The molecular weight excluding hydrogens is 351 g/mol. The van der Waals surface area contributed by atoms with Gasteiger partial charge in [0.05, 0.1) is 9.79 Å². The van der Waals surface area contributed by atoms with Crippen LogP contribution in [0.4, 0.5) is 13.2 Å². The van der Waals surface area contributed by atoms with Gasteiger partial charge in [-0.15, -0.1) is 0 Å². The van der Waals surface area contributed by atoms with E-state index in [0.717, 1.165) is 49.0 Å². The first-order valence-corrected chi connectivity index (χ1v) is 8.68. The third kappa shape index (κ3) is 3.30. The Hall–Kier alpha value is -1.86. The number of phenols is 2. The average molecular weight is 369 g/mol. The largest absolute Gasteiger partial charge is 0.504 e. The van der Waals surface area contributed by atoms with E-state index in [1.165, 1.54) is 6.07 Å². The quantitative estimate of drug-likeness (QED) is 0.620. The first kappa shape index (κ1) is 17.9. The van der Waals surface area contributed by atoms with Gasteiger partial charge in [0.2, 0.25) is 0 Å². The van der Waals surface area contributed by atoms with Crippen LogP contribution in [0.2, 0.25) is 0 Å². The van der Waals surface area contributed by atoms with E-state index in [1.807, 2.05) is 7.05 Å². The van der Waals surface area contributed by atoms with Gasteiger partial charge in [0.25, 0.3) is 0 Å². The minimum Gasteiger partial charge on any atom is -0.504 e. The number of aromatic hydroxyl groups is 2. The summed E-state index contributed by atoms with van der Waals surface area (Å²) in [7, 11) is 1.96. The minimum atomic E-state index is -1.24. The van der Waals surface area contributed by atoms with Crippen LogP contribution in [0.1, 0.15) is 16.7 Å². The Morgan fingerprint density at radius 1 is 1.04 bits per heavy atom. The van der Waals surface area contributed by atoms with E-state index in [1.54, 1.807) is 0 Å². The lowest BCUT2D eigenvalue weighted by atomic mass is 10.0. The Labute approximate surface area is 148 Å². The highest BCUT2D eigenvalue weighted by atomic mass is 32.2. The van der Waals surface area contributed by atoms with Crippen LogP contribution in [-0.4, -0.2) is 35.3 Å². The molecule has 0 saturated carbocycles. The fourth-order valence-corrected chi connectivity index (χ4v) is 4.03. The monoisotopic (exact) mass is 369 g/mol. The van der Waals surface area contributed by atoms with Gasteiger partial charge in [0.1, 0.15) is 5.82 Å². The first-order valence-electron chi connectivity index (χ1n) is 7.86. The van der Waals surface area contributed by atoms with Crippen molar-refractivity contribution in [3.8, 4) is 11.5 Å². The lowest BCUT2D eigenvalue weighted by molar-refractivity contribution is 0.352. The van der Waals surface area contributed by atoms with Crippen molar-refractivity contribution in [1.29, 1.82) is 0 Å². The maximum Gasteiger partial charge on any atom is 0.173 e. The summed E-state index contributed by atoms with van der Waals surface area (Å²) in [6.07, 6.45) is 1.24. The molecule has 3 nitrogen and oxygen atoms in total. The smallest absolute Gasteiger partial charge is 0.173 e. The van der Waals surface area contributed by atoms with Crippen LogP contribution < -0.4 is 0 Å². The number of phenolic OH excluding ortho intramolecular Hbond substituents is 2. The molecule has 0 fully saturated rings. The number of hydrogen-bond acceptors (Lipinski definition) is 4. The molecule has 0 aliphatic carbocycles. The topological polar surface area (TPSA) is 43.7 Å². The maximum absolute atomic E-state index is 14.2. The van der Waals surface area contributed by atoms with E-state index < -0.39 is 23.2 Å². The van der Waals surface area contributed by atoms with Gasteiger partial charge in [-0.3, -0.25) is 0 Å². The zero-order valence-electron chi connectivity index (χ0n) is 13.9. The Morgan fingerprint density at radius 3 is 2.44 bits per heavy atom. The van der Waals surface area contributed by atoms with E-state index in [9.17, 15) is 23.4 Å². The van der Waals surface area contributed by atoms with Crippen LogP contribution in [0, 0.1) is 24.4 Å². The summed E-state index contributed by atoms with van der Waals surface area (Å²) in [5, 5.41) is 20.3. The fourth-order valence-electron chi connectivity index (χ4n) is 2.91. The molecular formula is C18H18F3NO2S. The standard InChI is InChI=1S/C18H18F3NO2S/c1-9-12(19)8-14(16(21)15(9)20)25-18-11-4-6-22(2)5-3-10(11)7-13(23)17(18)24/h7-8,23-24H,3-6H2,1-2H3. The van der Waals surface area contributed by atoms with Crippen LogP contribution in [0.15, 0.2) is 21.9 Å². The number of halogens is 3. The van der Waals surface area contributed by atoms with Crippen LogP contribution in [0.3, 0.4) is 0 Å². The molecule has 2 N–H and O–H groups in total. The highest BCUT2D eigenvalue weighted by Gasteiger charge is 2.24. The molecule has 0 aromatic heterocycles. The molecule has 2 aromatic carbocycles. The van der Waals surface area contributed by atoms with Gasteiger partial charge >= 0.3 is 0 Å². The first-order chi connectivity index (χ1) is 11.8. The van der Waals surface area contributed by atoms with E-state index >= 15 is 0 Å². The van der Waals surface area contributed by atoms with Crippen molar-refractivity contribution in [2.75, 3.05) is 20.1 Å². The minimum absolute atomic E-state index is 0.242. The number of hydrogen-bond donors (Lipinski definition) is 2. The SMILES string of the molecule is Cc1c(F)cc(Sc2c(O)c(O)cc3c2CCN(C)CC3)c(F)c1F. The molecule has 0 spiro atoms. The van der Waals surface area contributed by atoms with E-state index in [4.69, 9.17) is 0 Å². The second kappa shape index (κ2) is 6.80. The molecule has 1 aliphatic rings. The molecule has 0 radical (unpaired) electrons. The molecule has 0 unspecified atom stereocenters. The zero-order valence-corrected chi connectivity index (χ0v) is 14.7. The second-order valence-corrected chi connectivity index (χ2v) is 7.28. The summed E-state index contributed by atoms with van der Waals surface area (Å²) < 4.78 is 41.9. The highest BCUT2D eigenvalue weighted by Crippen LogP contribution is 2.45. The van der Waals surface area contributed by atoms with E-state index in [2.05, 4.69) is 4.90 Å². The Morgan fingerprint density at radius 2 is 1.72 bits per heavy atom. The summed E-state index contributed by atoms with van der Waals surface area (Å²) in [5.41, 5.74) is 1.23. The average Bonchev–Trinajstić information content (AvgIpc) is 2.76. The number of likely N-dealkylation sites (N-methyl/N-ethyl adjacent to an activating group) is 1. The molecule has 134 valence electrons. The van der Waals surface area contributed by atoms with Crippen molar-refractivity contribution in [2.24, 2.45) is 0 Å². The molecule has 0 atom stereocenters. The van der Waals surface area contributed by atoms with Crippen molar-refractivity contribution in [1.82, 2.24) is 4.90 Å². The molecule has 1 aliphatic heterocycles. The van der Waals surface area contributed by atoms with Crippen molar-refractivity contribution >= 4 is 11.8 Å². The van der Waals surface area contributed by atoms with Gasteiger partial charge in [-0.25, -0.2) is 13.2 Å². The normalized spacial score (nSPS) is 15.1. The molecule has 0 amide bonds. The van der Waals surface area contributed by atoms with Crippen LogP contribution in [0.25, 0.3) is 0 Å². The van der Waals surface area contributed by atoms with Crippen molar-refractivity contribution in [2.45, 2.75) is 29.6 Å². The molecule has 3 rings (SSSR count). The second-order valence-electron chi connectivity index (χ2n) is 6.23. The molecule has 0 saturated heterocycles. The molecule has 1 heterocycles. The number of rotatable bonds is 2. The predicted octanol–water partition coefficient (Wildman–Crippen LogP) is 4.01. The van der Waals surface area contributed by atoms with E-state index in [0.29, 0.717) is 12.8 Å². The van der Waals surface area contributed by atoms with Gasteiger partial charge in [-0.1, -0.05) is 11.8 Å². The van der Waals surface area contributed by atoms with Gasteiger partial charge in [-0.2, -0.15) is 0 Å². The van der Waals surface area contributed by atoms with Crippen molar-refractivity contribution < 1.29 is 23.4 Å². The predicted molar refractivity (Wildman–Crippen MR) is 89.9 cm³/mol. The Bertz CT molecular complexity index is 842. The Balaban J connectivity index is 2.11. The fraction of sp³-hybridized carbons (Fsp3) is 0.333. The van der Waals surface area contributed by atoms with Crippen LogP contribution in [0.5, 0.6) is 11.5 Å². The van der Waals surface area contributed by atoms with Gasteiger partial charge < -0.3 is 15.1 Å². The summed E-state index contributed by atoms with van der Waals surface area (Å²) in [6, 6.07) is 2.41. The lowest BCUT2D eigenvalue weighted by Gasteiger charge is -2.16. The Kier molecular flexibility index (Phi) is 4.88. The number of fused-ring (bicyclic) bond motifs is 1. The molecule has 2 aromatic rings. The summed E-state index contributed by atoms with van der Waals surface area (Å²) in [4.78, 5) is 2.09. The van der Waals surface area contributed by atoms with E-state index in [-0.39, 0.29) is 21.1 Å². The maximum atomic E-state index is 14.2. The van der Waals surface area contributed by atoms with Gasteiger partial charge in [-0.05, 0) is 50.1 Å². The van der Waals surface area contributed by atoms with Gasteiger partial charge in [0, 0.05) is 18.7 Å². The van der Waals surface area contributed by atoms with Crippen molar-refractivity contribution in [3.63, 3.8) is 0 Å². The van der Waals surface area contributed by atoms with Crippen LogP contribution in [-0.2, 0) is 12.8 Å². The van der Waals surface area contributed by atoms with Crippen LogP contribution >= 0.6 is 11.8 Å². The summed E-state index contributed by atoms with van der Waals surface area (Å²) >= 11 is 0.734. The summed E-state index contributed by atoms with van der Waals surface area (Å²) in [5.74, 6) is -3.97. The highest BCUT2D eigenvalue weighted by molar-refractivity contribution is 7.99. The third-order valence-corrected chi connectivity index (χ3v) is 5.66. The molecule has 0 bridgehead atoms. The zero-order chi connectivity index (χ0) is 18.3. The number of benzene rings is 2. The number of nitrogens with zero attached hydrogens (tertiary/aromatic N) is 1. The molecule has 25 heavy (non-hydrogen) atoms. The van der Waals surface area contributed by atoms with Crippen molar-refractivity contribution in [3.05, 3.63) is 46.3 Å². The summed E-state index contributed by atoms with van der Waals surface area (Å²) in [6.45, 7) is 2.67.